The third-order valence-corrected chi connectivity index (χ3v) is 3.86. The van der Waals surface area contributed by atoms with E-state index in [4.69, 9.17) is 15.3 Å². The van der Waals surface area contributed by atoms with Crippen molar-refractivity contribution in [3.63, 3.8) is 0 Å². The Labute approximate surface area is 126 Å². The monoisotopic (exact) mass is 310 g/mol. The Bertz CT molecular complexity index is 554. The Kier molecular flexibility index (Phi) is 4.81. The first kappa shape index (κ1) is 16.0. The summed E-state index contributed by atoms with van der Waals surface area (Å²) in [6.07, 6.45) is 4.66. The van der Waals surface area contributed by atoms with Gasteiger partial charge in [-0.3, -0.25) is 9.69 Å². The number of rotatable bonds is 5. The molecule has 2 rings (SSSR count). The first-order valence-electron chi connectivity index (χ1n) is 6.98. The molecule has 0 bridgehead atoms. The lowest BCUT2D eigenvalue weighted by Crippen LogP contribution is -2.41. The molecule has 0 spiro atoms. The second-order valence-corrected chi connectivity index (χ2v) is 5.37. The molecule has 0 aromatic carbocycles. The number of allylic oxidation sites excluding steroid dienone is 1. The van der Waals surface area contributed by atoms with Crippen molar-refractivity contribution in [1.29, 1.82) is 0 Å². The lowest BCUT2D eigenvalue weighted by Gasteiger charge is -2.23. The van der Waals surface area contributed by atoms with Gasteiger partial charge in [0, 0.05) is 13.0 Å². The van der Waals surface area contributed by atoms with Gasteiger partial charge in [0.25, 0.3) is 0 Å². The predicted molar refractivity (Wildman–Crippen MR) is 75.2 cm³/mol. The van der Waals surface area contributed by atoms with Crippen molar-refractivity contribution in [2.24, 2.45) is 0 Å². The van der Waals surface area contributed by atoms with E-state index >= 15 is 0 Å². The van der Waals surface area contributed by atoms with E-state index in [-0.39, 0.29) is 12.1 Å². The number of nitrogens with one attached hydrogen (secondary N) is 1. The minimum Gasteiger partial charge on any atom is -0.480 e. The van der Waals surface area contributed by atoms with E-state index in [1.807, 2.05) is 0 Å². The van der Waals surface area contributed by atoms with Crippen molar-refractivity contribution in [2.75, 3.05) is 13.1 Å². The number of carboxylic acids is 3. The molecular weight excluding hydrogens is 292 g/mol. The number of hydrogen-bond donors (Lipinski definition) is 4. The lowest BCUT2D eigenvalue weighted by molar-refractivity contribution is -0.142. The molecular formula is C14H18N2O6. The minimum absolute atomic E-state index is 0.164. The maximum Gasteiger partial charge on any atom is 0.351 e. The number of aliphatic carboxylic acids is 3. The second kappa shape index (κ2) is 6.61. The summed E-state index contributed by atoms with van der Waals surface area (Å²) in [5.74, 6) is -3.21. The number of carbonyl (C=O) groups is 3. The lowest BCUT2D eigenvalue weighted by atomic mass is 10.00. The van der Waals surface area contributed by atoms with Crippen molar-refractivity contribution < 1.29 is 29.7 Å². The van der Waals surface area contributed by atoms with Crippen molar-refractivity contribution >= 4 is 17.9 Å². The molecule has 22 heavy (non-hydrogen) atoms. The molecule has 2 heterocycles. The molecule has 0 aromatic heterocycles. The molecule has 0 radical (unpaired) electrons. The number of likely N-dealkylation sites (tertiary alicyclic amines) is 1. The summed E-state index contributed by atoms with van der Waals surface area (Å²) in [4.78, 5) is 35.0. The molecule has 2 aliphatic heterocycles. The quantitative estimate of drug-likeness (QED) is 0.553. The molecule has 0 aliphatic carbocycles. The summed E-state index contributed by atoms with van der Waals surface area (Å²) in [7, 11) is 0. The van der Waals surface area contributed by atoms with Gasteiger partial charge in [-0.25, -0.2) is 9.59 Å². The van der Waals surface area contributed by atoms with Gasteiger partial charge in [-0.2, -0.15) is 0 Å². The molecule has 8 heteroatoms. The zero-order chi connectivity index (χ0) is 16.3. The zero-order valence-electron chi connectivity index (χ0n) is 11.9. The van der Waals surface area contributed by atoms with E-state index in [9.17, 15) is 14.4 Å². The van der Waals surface area contributed by atoms with Crippen LogP contribution >= 0.6 is 0 Å². The normalized spacial score (nSPS) is 27.3. The molecule has 2 aliphatic rings. The molecule has 1 saturated heterocycles. The van der Waals surface area contributed by atoms with Crippen LogP contribution in [0.3, 0.4) is 0 Å². The highest BCUT2D eigenvalue weighted by Crippen LogP contribution is 2.20. The summed E-state index contributed by atoms with van der Waals surface area (Å²) in [5, 5.41) is 29.6. The van der Waals surface area contributed by atoms with E-state index in [0.29, 0.717) is 25.1 Å². The van der Waals surface area contributed by atoms with Gasteiger partial charge in [0.2, 0.25) is 0 Å². The minimum atomic E-state index is -1.22. The Morgan fingerprint density at radius 1 is 1.27 bits per heavy atom. The molecule has 0 unspecified atom stereocenters. The molecule has 0 amide bonds. The van der Waals surface area contributed by atoms with Crippen molar-refractivity contribution in [3.05, 3.63) is 23.4 Å². The van der Waals surface area contributed by atoms with Crippen LogP contribution in [-0.2, 0) is 14.4 Å². The zero-order valence-corrected chi connectivity index (χ0v) is 11.9. The Balaban J connectivity index is 2.11. The molecule has 0 aromatic rings. The standard InChI is InChI=1S/C14H18N2O6/c17-12(18)9-6-8(7-10(15-9)13(19)20)3-5-16-4-1-2-11(16)14(21)22/h3,6,10-11,15H,1-2,4-5,7H2,(H,17,18)(H,19,20)(H,21,22)/b8-3-/t10-,11-/m0/s1. The van der Waals surface area contributed by atoms with Gasteiger partial charge in [0.05, 0.1) is 0 Å². The van der Waals surface area contributed by atoms with E-state index < -0.39 is 30.0 Å². The first-order chi connectivity index (χ1) is 10.4. The van der Waals surface area contributed by atoms with Crippen LogP contribution in [0.4, 0.5) is 0 Å². The van der Waals surface area contributed by atoms with Crippen LogP contribution in [0, 0.1) is 0 Å². The molecule has 0 saturated carbocycles. The summed E-state index contributed by atoms with van der Waals surface area (Å²) >= 11 is 0. The molecule has 1 fully saturated rings. The predicted octanol–water partition coefficient (Wildman–Crippen LogP) is -0.123. The summed E-state index contributed by atoms with van der Waals surface area (Å²) in [6, 6.07) is -1.52. The average molecular weight is 310 g/mol. The number of hydrogen-bond acceptors (Lipinski definition) is 5. The highest BCUT2D eigenvalue weighted by Gasteiger charge is 2.30. The molecule has 8 nitrogen and oxygen atoms in total. The molecule has 4 N–H and O–H groups in total. The number of nitrogens with zero attached hydrogens (tertiary/aromatic N) is 1. The third-order valence-electron chi connectivity index (χ3n) is 3.86. The Hall–Kier alpha value is -2.35. The summed E-state index contributed by atoms with van der Waals surface area (Å²) < 4.78 is 0. The van der Waals surface area contributed by atoms with Gasteiger partial charge < -0.3 is 20.6 Å². The van der Waals surface area contributed by atoms with Crippen molar-refractivity contribution in [2.45, 2.75) is 31.3 Å². The van der Waals surface area contributed by atoms with Gasteiger partial charge in [-0.1, -0.05) is 6.08 Å². The molecule has 2 atom stereocenters. The van der Waals surface area contributed by atoms with Crippen LogP contribution in [0.1, 0.15) is 19.3 Å². The second-order valence-electron chi connectivity index (χ2n) is 5.37. The summed E-state index contributed by atoms with van der Waals surface area (Å²) in [6.45, 7) is 1.03. The third kappa shape index (κ3) is 3.64. The Morgan fingerprint density at radius 3 is 2.59 bits per heavy atom. The van der Waals surface area contributed by atoms with E-state index in [0.717, 1.165) is 6.42 Å². The van der Waals surface area contributed by atoms with Crippen LogP contribution in [0.2, 0.25) is 0 Å². The van der Waals surface area contributed by atoms with Crippen LogP contribution in [-0.4, -0.2) is 63.3 Å². The molecule has 120 valence electrons. The fourth-order valence-electron chi connectivity index (χ4n) is 2.73. The first-order valence-corrected chi connectivity index (χ1v) is 6.98. The van der Waals surface area contributed by atoms with Gasteiger partial charge in [-0.05, 0) is 31.0 Å². The van der Waals surface area contributed by atoms with Gasteiger partial charge in [-0.15, -0.1) is 0 Å². The van der Waals surface area contributed by atoms with Crippen LogP contribution < -0.4 is 5.32 Å². The summed E-state index contributed by atoms with van der Waals surface area (Å²) in [5.41, 5.74) is 0.417. The smallest absolute Gasteiger partial charge is 0.351 e. The highest BCUT2D eigenvalue weighted by atomic mass is 16.4. The van der Waals surface area contributed by atoms with Gasteiger partial charge >= 0.3 is 17.9 Å². The van der Waals surface area contributed by atoms with Crippen LogP contribution in [0.5, 0.6) is 0 Å². The van der Waals surface area contributed by atoms with Gasteiger partial charge in [0.15, 0.2) is 0 Å². The fourth-order valence-corrected chi connectivity index (χ4v) is 2.73. The van der Waals surface area contributed by atoms with E-state index in [1.165, 1.54) is 6.08 Å². The van der Waals surface area contributed by atoms with E-state index in [1.54, 1.807) is 11.0 Å². The van der Waals surface area contributed by atoms with Crippen molar-refractivity contribution in [3.8, 4) is 0 Å². The maximum atomic E-state index is 11.1. The van der Waals surface area contributed by atoms with Crippen LogP contribution in [0.15, 0.2) is 23.4 Å². The van der Waals surface area contributed by atoms with Gasteiger partial charge in [0.1, 0.15) is 17.8 Å². The SMILES string of the molecule is O=C(O)C1=C/C(=C/CN2CCC[C@H]2C(=O)O)C[C@@H](C(=O)O)N1. The number of carboxylic acid groups (broad SMARTS) is 3. The highest BCUT2D eigenvalue weighted by molar-refractivity contribution is 5.89. The van der Waals surface area contributed by atoms with Crippen LogP contribution in [0.25, 0.3) is 0 Å². The van der Waals surface area contributed by atoms with E-state index in [2.05, 4.69) is 5.32 Å². The fraction of sp³-hybridized carbons (Fsp3) is 0.500. The topological polar surface area (TPSA) is 127 Å². The maximum absolute atomic E-state index is 11.1. The van der Waals surface area contributed by atoms with Crippen molar-refractivity contribution in [1.82, 2.24) is 10.2 Å². The average Bonchev–Trinajstić information content (AvgIpc) is 2.93. The Morgan fingerprint density at radius 2 is 2.00 bits per heavy atom. The largest absolute Gasteiger partial charge is 0.480 e.